The Labute approximate surface area is 109 Å². The van der Waals surface area contributed by atoms with Crippen LogP contribution < -0.4 is 10.5 Å². The van der Waals surface area contributed by atoms with Crippen molar-refractivity contribution in [2.24, 2.45) is 11.7 Å². The summed E-state index contributed by atoms with van der Waals surface area (Å²) in [6, 6.07) is 6.18. The number of ether oxygens (including phenoxy) is 2. The topological polar surface area (TPSA) is 44.5 Å². The van der Waals surface area contributed by atoms with E-state index in [2.05, 4.69) is 26.0 Å². The summed E-state index contributed by atoms with van der Waals surface area (Å²) < 4.78 is 11.3. The number of rotatable bonds is 5. The Bertz CT molecular complexity index is 403. The lowest BCUT2D eigenvalue weighted by molar-refractivity contribution is 0.0121. The van der Waals surface area contributed by atoms with Crippen molar-refractivity contribution in [1.82, 2.24) is 0 Å². The molecule has 100 valence electrons. The van der Waals surface area contributed by atoms with Gasteiger partial charge in [0.1, 0.15) is 5.75 Å². The monoisotopic (exact) mass is 249 g/mol. The standard InChI is InChI=1S/C15H23NO2/c1-4-17-15(10(2)3)14(16)12-5-6-13-11(9-12)7-8-18-13/h5-6,9-10,14-15H,4,7-8,16H2,1-3H3. The zero-order valence-electron chi connectivity index (χ0n) is 11.5. The number of nitrogens with two attached hydrogens (primary N) is 1. The fourth-order valence-corrected chi connectivity index (χ4v) is 2.51. The average Bonchev–Trinajstić information content (AvgIpc) is 2.81. The minimum Gasteiger partial charge on any atom is -0.493 e. The van der Waals surface area contributed by atoms with Gasteiger partial charge in [0.2, 0.25) is 0 Å². The predicted octanol–water partition coefficient (Wildman–Crippen LogP) is 2.68. The Hall–Kier alpha value is -1.06. The summed E-state index contributed by atoms with van der Waals surface area (Å²) in [7, 11) is 0. The zero-order valence-corrected chi connectivity index (χ0v) is 11.5. The van der Waals surface area contributed by atoms with E-state index in [1.54, 1.807) is 0 Å². The summed E-state index contributed by atoms with van der Waals surface area (Å²) in [5.41, 5.74) is 8.77. The van der Waals surface area contributed by atoms with E-state index in [0.717, 1.165) is 24.3 Å². The van der Waals surface area contributed by atoms with E-state index in [1.807, 2.05) is 13.0 Å². The van der Waals surface area contributed by atoms with E-state index in [1.165, 1.54) is 5.56 Å². The molecule has 2 rings (SSSR count). The Morgan fingerprint density at radius 2 is 2.17 bits per heavy atom. The molecule has 2 N–H and O–H groups in total. The van der Waals surface area contributed by atoms with Crippen molar-refractivity contribution >= 4 is 0 Å². The second-order valence-electron chi connectivity index (χ2n) is 5.16. The lowest BCUT2D eigenvalue weighted by atomic mass is 9.93. The Morgan fingerprint density at radius 1 is 1.39 bits per heavy atom. The molecule has 2 unspecified atom stereocenters. The highest BCUT2D eigenvalue weighted by Crippen LogP contribution is 2.30. The molecule has 3 nitrogen and oxygen atoms in total. The van der Waals surface area contributed by atoms with Crippen LogP contribution in [0.5, 0.6) is 5.75 Å². The molecular weight excluding hydrogens is 226 g/mol. The molecule has 3 heteroatoms. The molecule has 0 radical (unpaired) electrons. The van der Waals surface area contributed by atoms with E-state index in [0.29, 0.717) is 12.5 Å². The maximum atomic E-state index is 6.35. The highest BCUT2D eigenvalue weighted by Gasteiger charge is 2.24. The second kappa shape index (κ2) is 5.72. The number of fused-ring (bicyclic) bond motifs is 1. The van der Waals surface area contributed by atoms with Crippen LogP contribution in [0.15, 0.2) is 18.2 Å². The molecule has 18 heavy (non-hydrogen) atoms. The van der Waals surface area contributed by atoms with E-state index in [4.69, 9.17) is 15.2 Å². The Balaban J connectivity index is 2.19. The zero-order chi connectivity index (χ0) is 13.1. The van der Waals surface area contributed by atoms with Gasteiger partial charge >= 0.3 is 0 Å². The molecule has 1 aliphatic rings. The molecular formula is C15H23NO2. The highest BCUT2D eigenvalue weighted by molar-refractivity contribution is 5.41. The van der Waals surface area contributed by atoms with Crippen molar-refractivity contribution in [3.8, 4) is 5.75 Å². The molecule has 1 aromatic carbocycles. The summed E-state index contributed by atoms with van der Waals surface area (Å²) in [6.45, 7) is 7.80. The molecule has 0 fully saturated rings. The van der Waals surface area contributed by atoms with Crippen molar-refractivity contribution in [3.63, 3.8) is 0 Å². The maximum absolute atomic E-state index is 6.35. The number of hydrogen-bond acceptors (Lipinski definition) is 3. The maximum Gasteiger partial charge on any atom is 0.122 e. The summed E-state index contributed by atoms with van der Waals surface area (Å²) in [5.74, 6) is 1.41. The lowest BCUT2D eigenvalue weighted by Crippen LogP contribution is -2.33. The van der Waals surface area contributed by atoms with Crippen LogP contribution in [-0.4, -0.2) is 19.3 Å². The van der Waals surface area contributed by atoms with Gasteiger partial charge in [0.05, 0.1) is 18.8 Å². The van der Waals surface area contributed by atoms with Gasteiger partial charge in [0, 0.05) is 13.0 Å². The van der Waals surface area contributed by atoms with Crippen molar-refractivity contribution in [2.75, 3.05) is 13.2 Å². The molecule has 0 aliphatic carbocycles. The van der Waals surface area contributed by atoms with Crippen LogP contribution in [0.3, 0.4) is 0 Å². The van der Waals surface area contributed by atoms with E-state index in [-0.39, 0.29) is 12.1 Å². The van der Waals surface area contributed by atoms with Gasteiger partial charge in [-0.25, -0.2) is 0 Å². The van der Waals surface area contributed by atoms with Crippen molar-refractivity contribution in [3.05, 3.63) is 29.3 Å². The number of hydrogen-bond donors (Lipinski definition) is 1. The van der Waals surface area contributed by atoms with Gasteiger partial charge in [0.25, 0.3) is 0 Å². The van der Waals surface area contributed by atoms with Crippen LogP contribution >= 0.6 is 0 Å². The minimum atomic E-state index is -0.0733. The third-order valence-corrected chi connectivity index (χ3v) is 3.47. The van der Waals surface area contributed by atoms with Gasteiger partial charge in [-0.15, -0.1) is 0 Å². The van der Waals surface area contributed by atoms with Crippen LogP contribution in [0.1, 0.15) is 37.9 Å². The van der Waals surface area contributed by atoms with Gasteiger partial charge in [-0.3, -0.25) is 0 Å². The average molecular weight is 249 g/mol. The van der Waals surface area contributed by atoms with E-state index in [9.17, 15) is 0 Å². The molecule has 0 spiro atoms. The van der Waals surface area contributed by atoms with Gasteiger partial charge in [0.15, 0.2) is 0 Å². The summed E-state index contributed by atoms with van der Waals surface area (Å²) in [4.78, 5) is 0. The molecule has 0 bridgehead atoms. The van der Waals surface area contributed by atoms with Gasteiger partial charge < -0.3 is 15.2 Å². The van der Waals surface area contributed by atoms with Crippen molar-refractivity contribution in [2.45, 2.75) is 39.3 Å². The van der Waals surface area contributed by atoms with Gasteiger partial charge in [-0.05, 0) is 30.0 Å². The first-order valence-corrected chi connectivity index (χ1v) is 6.76. The third kappa shape index (κ3) is 2.68. The quantitative estimate of drug-likeness (QED) is 0.872. The first kappa shape index (κ1) is 13.4. The molecule has 0 amide bonds. The molecule has 1 aromatic rings. The Kier molecular flexibility index (Phi) is 4.25. The normalized spacial score (nSPS) is 17.4. The van der Waals surface area contributed by atoms with E-state index < -0.39 is 0 Å². The second-order valence-corrected chi connectivity index (χ2v) is 5.16. The fourth-order valence-electron chi connectivity index (χ4n) is 2.51. The van der Waals surface area contributed by atoms with Gasteiger partial charge in [-0.1, -0.05) is 26.0 Å². The number of benzene rings is 1. The third-order valence-electron chi connectivity index (χ3n) is 3.47. The van der Waals surface area contributed by atoms with Crippen LogP contribution in [0.4, 0.5) is 0 Å². The van der Waals surface area contributed by atoms with Crippen molar-refractivity contribution < 1.29 is 9.47 Å². The molecule has 0 saturated carbocycles. The first-order chi connectivity index (χ1) is 8.63. The summed E-state index contributed by atoms with van der Waals surface area (Å²) in [6.07, 6.45) is 1.05. The first-order valence-electron chi connectivity index (χ1n) is 6.76. The lowest BCUT2D eigenvalue weighted by Gasteiger charge is -2.27. The molecule has 1 aliphatic heterocycles. The van der Waals surface area contributed by atoms with Crippen LogP contribution in [0.25, 0.3) is 0 Å². The summed E-state index contributed by atoms with van der Waals surface area (Å²) in [5, 5.41) is 0. The smallest absolute Gasteiger partial charge is 0.122 e. The summed E-state index contributed by atoms with van der Waals surface area (Å²) >= 11 is 0. The molecule has 0 saturated heterocycles. The Morgan fingerprint density at radius 3 is 2.83 bits per heavy atom. The van der Waals surface area contributed by atoms with Crippen molar-refractivity contribution in [1.29, 1.82) is 0 Å². The molecule has 2 atom stereocenters. The highest BCUT2D eigenvalue weighted by atomic mass is 16.5. The van der Waals surface area contributed by atoms with Crippen LogP contribution in [0, 0.1) is 5.92 Å². The fraction of sp³-hybridized carbons (Fsp3) is 0.600. The predicted molar refractivity (Wildman–Crippen MR) is 72.8 cm³/mol. The van der Waals surface area contributed by atoms with Crippen LogP contribution in [0.2, 0.25) is 0 Å². The minimum absolute atomic E-state index is 0.0652. The molecule has 1 heterocycles. The largest absolute Gasteiger partial charge is 0.493 e. The molecule has 0 aromatic heterocycles. The van der Waals surface area contributed by atoms with Crippen LogP contribution in [-0.2, 0) is 11.2 Å². The SMILES string of the molecule is CCOC(C(C)C)C(N)c1ccc2c(c1)CCO2. The van der Waals surface area contributed by atoms with Gasteiger partial charge in [-0.2, -0.15) is 0 Å². The van der Waals surface area contributed by atoms with E-state index >= 15 is 0 Å².